The minimum absolute atomic E-state index is 0.297. The van der Waals surface area contributed by atoms with Gasteiger partial charge in [-0.1, -0.05) is 25.1 Å². The molecule has 7 heteroatoms. The first-order chi connectivity index (χ1) is 14.1. The van der Waals surface area contributed by atoms with Gasteiger partial charge in [-0.25, -0.2) is 9.87 Å². The van der Waals surface area contributed by atoms with Crippen LogP contribution in [-0.4, -0.2) is 17.1 Å². The molecular weight excluding hydrogens is 386 g/mol. The molecule has 2 aromatic heterocycles. The second-order valence-electron chi connectivity index (χ2n) is 6.25. The third kappa shape index (κ3) is 5.33. The number of hydrogen-bond donors (Lipinski definition) is 0. The molecule has 0 atom stereocenters. The summed E-state index contributed by atoms with van der Waals surface area (Å²) in [5.74, 6) is 0.337. The molecule has 0 aliphatic rings. The Morgan fingerprint density at radius 2 is 1.93 bits per heavy atom. The molecule has 2 heterocycles. The lowest BCUT2D eigenvalue weighted by atomic mass is 10.0. The maximum Gasteiger partial charge on any atom is 0.232 e. The zero-order chi connectivity index (χ0) is 20.6. The van der Waals surface area contributed by atoms with Gasteiger partial charge in [0.25, 0.3) is 0 Å². The molecule has 0 fully saturated rings. The first kappa shape index (κ1) is 20.8. The van der Waals surface area contributed by atoms with Gasteiger partial charge in [0, 0.05) is 27.9 Å². The summed E-state index contributed by atoms with van der Waals surface area (Å²) in [5.41, 5.74) is 4.91. The van der Waals surface area contributed by atoms with Crippen LogP contribution in [0.5, 0.6) is 5.88 Å². The number of hydrogen-bond acceptors (Lipinski definition) is 7. The van der Waals surface area contributed by atoms with E-state index in [-0.39, 0.29) is 0 Å². The molecule has 0 aliphatic heterocycles. The summed E-state index contributed by atoms with van der Waals surface area (Å²) in [5, 5.41) is 9.63. The third-order valence-corrected chi connectivity index (χ3v) is 4.93. The van der Waals surface area contributed by atoms with Crippen molar-refractivity contribution in [3.8, 4) is 23.2 Å². The van der Waals surface area contributed by atoms with Crippen LogP contribution in [0.25, 0.3) is 11.3 Å². The molecule has 0 saturated heterocycles. The number of aromatic nitrogens is 2. The number of nitrogens with zero attached hydrogens (tertiary/aromatic N) is 3. The van der Waals surface area contributed by atoms with Crippen LogP contribution in [-0.2, 0) is 22.2 Å². The summed E-state index contributed by atoms with van der Waals surface area (Å²) >= 11 is 1.13. The van der Waals surface area contributed by atoms with Crippen molar-refractivity contribution in [2.24, 2.45) is 0 Å². The van der Waals surface area contributed by atoms with Gasteiger partial charge in [0.15, 0.2) is 0 Å². The van der Waals surface area contributed by atoms with Gasteiger partial charge in [-0.3, -0.25) is 4.98 Å². The van der Waals surface area contributed by atoms with Crippen molar-refractivity contribution in [2.75, 3.05) is 7.11 Å². The highest BCUT2D eigenvalue weighted by atomic mass is 32.2. The second kappa shape index (κ2) is 10.0. The molecule has 1 aromatic carbocycles. The Kier molecular flexibility index (Phi) is 7.19. The monoisotopic (exact) mass is 407 g/mol. The molecular formula is C22H21N3O3S. The highest BCUT2D eigenvalue weighted by Gasteiger charge is 2.14. The van der Waals surface area contributed by atoms with Gasteiger partial charge in [0.1, 0.15) is 18.2 Å². The van der Waals surface area contributed by atoms with Gasteiger partial charge in [0.05, 0.1) is 24.8 Å². The van der Waals surface area contributed by atoms with Crippen LogP contribution < -0.4 is 4.74 Å². The van der Waals surface area contributed by atoms with Crippen molar-refractivity contribution >= 4 is 12.0 Å². The molecule has 3 rings (SSSR count). The minimum atomic E-state index is 0.297. The lowest BCUT2D eigenvalue weighted by Gasteiger charge is -2.13. The molecule has 6 nitrogen and oxygen atoms in total. The summed E-state index contributed by atoms with van der Waals surface area (Å²) < 4.78 is 10.8. The lowest BCUT2D eigenvalue weighted by molar-refractivity contribution is -0.160. The SMILES string of the molecule is CCc1cc(-c2ccc(SOOC)cc2)nc(OCc2ccc(C)nc2)c1C#N. The second-order valence-corrected chi connectivity index (χ2v) is 7.03. The van der Waals surface area contributed by atoms with Gasteiger partial charge in [-0.05, 0) is 43.2 Å². The molecule has 0 saturated carbocycles. The Labute approximate surface area is 174 Å². The first-order valence-electron chi connectivity index (χ1n) is 9.10. The molecule has 0 unspecified atom stereocenters. The fraction of sp³-hybridized carbons (Fsp3) is 0.227. The summed E-state index contributed by atoms with van der Waals surface area (Å²) in [4.78, 5) is 14.4. The van der Waals surface area contributed by atoms with Crippen molar-refractivity contribution < 1.29 is 14.0 Å². The number of nitriles is 1. The highest BCUT2D eigenvalue weighted by molar-refractivity contribution is 7.94. The fourth-order valence-electron chi connectivity index (χ4n) is 2.71. The van der Waals surface area contributed by atoms with Crippen LogP contribution in [0.3, 0.4) is 0 Å². The maximum absolute atomic E-state index is 9.63. The van der Waals surface area contributed by atoms with Gasteiger partial charge in [-0.2, -0.15) is 9.60 Å². The molecule has 0 amide bonds. The number of benzene rings is 1. The topological polar surface area (TPSA) is 77.3 Å². The average Bonchev–Trinajstić information content (AvgIpc) is 2.77. The predicted molar refractivity (Wildman–Crippen MR) is 111 cm³/mol. The van der Waals surface area contributed by atoms with Gasteiger partial charge >= 0.3 is 0 Å². The summed E-state index contributed by atoms with van der Waals surface area (Å²) in [6.45, 7) is 4.24. The van der Waals surface area contributed by atoms with E-state index in [0.29, 0.717) is 24.5 Å². The van der Waals surface area contributed by atoms with Crippen LogP contribution in [0.1, 0.15) is 29.3 Å². The van der Waals surface area contributed by atoms with Crippen LogP contribution >= 0.6 is 12.0 Å². The minimum Gasteiger partial charge on any atom is -0.472 e. The van der Waals surface area contributed by atoms with Crippen molar-refractivity contribution in [2.45, 2.75) is 31.8 Å². The van der Waals surface area contributed by atoms with E-state index >= 15 is 0 Å². The highest BCUT2D eigenvalue weighted by Crippen LogP contribution is 2.29. The Morgan fingerprint density at radius 1 is 1.14 bits per heavy atom. The molecule has 0 spiro atoms. The van der Waals surface area contributed by atoms with E-state index < -0.39 is 0 Å². The van der Waals surface area contributed by atoms with Gasteiger partial charge < -0.3 is 4.74 Å². The summed E-state index contributed by atoms with van der Waals surface area (Å²) in [7, 11) is 1.46. The Hall–Kier alpha value is -2.92. The number of aryl methyl sites for hydroxylation is 2. The molecule has 0 aliphatic carbocycles. The Bertz CT molecular complexity index is 1000. The summed E-state index contributed by atoms with van der Waals surface area (Å²) in [6.07, 6.45) is 2.47. The van der Waals surface area contributed by atoms with E-state index in [2.05, 4.69) is 20.9 Å². The van der Waals surface area contributed by atoms with E-state index in [0.717, 1.165) is 45.0 Å². The maximum atomic E-state index is 9.63. The Morgan fingerprint density at radius 3 is 2.55 bits per heavy atom. The molecule has 148 valence electrons. The predicted octanol–water partition coefficient (Wildman–Crippen LogP) is 5.05. The van der Waals surface area contributed by atoms with E-state index in [1.165, 1.54) is 7.11 Å². The normalized spacial score (nSPS) is 10.6. The Balaban J connectivity index is 1.89. The van der Waals surface area contributed by atoms with Crippen LogP contribution in [0.2, 0.25) is 0 Å². The quantitative estimate of drug-likeness (QED) is 0.294. The standard InChI is InChI=1S/C22H21N3O3S/c1-4-17-11-21(18-7-9-19(10-8-18)29-28-26-3)25-22(20(17)12-23)27-14-16-6-5-15(2)24-13-16/h5-11,13H,4,14H2,1-3H3. The molecule has 0 bridgehead atoms. The smallest absolute Gasteiger partial charge is 0.232 e. The fourth-order valence-corrected chi connectivity index (χ4v) is 3.11. The molecule has 0 radical (unpaired) electrons. The van der Waals surface area contributed by atoms with Gasteiger partial charge in [-0.15, -0.1) is 0 Å². The van der Waals surface area contributed by atoms with Crippen molar-refractivity contribution in [3.05, 3.63) is 71.0 Å². The number of rotatable bonds is 8. The molecule has 3 aromatic rings. The zero-order valence-corrected chi connectivity index (χ0v) is 17.3. The van der Waals surface area contributed by atoms with E-state index in [9.17, 15) is 5.26 Å². The number of ether oxygens (including phenoxy) is 1. The van der Waals surface area contributed by atoms with Crippen LogP contribution in [0.15, 0.2) is 53.6 Å². The largest absolute Gasteiger partial charge is 0.472 e. The van der Waals surface area contributed by atoms with Crippen molar-refractivity contribution in [1.82, 2.24) is 9.97 Å². The van der Waals surface area contributed by atoms with E-state index in [4.69, 9.17) is 9.07 Å². The zero-order valence-electron chi connectivity index (χ0n) is 16.5. The average molecular weight is 407 g/mol. The van der Waals surface area contributed by atoms with Crippen LogP contribution in [0.4, 0.5) is 0 Å². The third-order valence-electron chi connectivity index (χ3n) is 4.26. The number of pyridine rings is 2. The van der Waals surface area contributed by atoms with E-state index in [1.54, 1.807) is 6.20 Å². The lowest BCUT2D eigenvalue weighted by Crippen LogP contribution is -2.04. The van der Waals surface area contributed by atoms with E-state index in [1.807, 2.05) is 56.3 Å². The first-order valence-corrected chi connectivity index (χ1v) is 9.85. The van der Waals surface area contributed by atoms with Crippen molar-refractivity contribution in [3.63, 3.8) is 0 Å². The van der Waals surface area contributed by atoms with Crippen molar-refractivity contribution in [1.29, 1.82) is 5.26 Å². The van der Waals surface area contributed by atoms with Crippen LogP contribution in [0, 0.1) is 18.3 Å². The molecule has 0 N–H and O–H groups in total. The molecule has 29 heavy (non-hydrogen) atoms. The van der Waals surface area contributed by atoms with Gasteiger partial charge in [0.2, 0.25) is 5.88 Å². The summed E-state index contributed by atoms with van der Waals surface area (Å²) in [6, 6.07) is 15.8.